The minimum Gasteiger partial charge on any atom is -0.309 e. The average molecular weight is 272 g/mol. The molecule has 3 heterocycles. The molecule has 0 spiro atoms. The monoisotopic (exact) mass is 272 g/mol. The molecule has 2 unspecified atom stereocenters. The van der Waals surface area contributed by atoms with Crippen LogP contribution in [0.5, 0.6) is 0 Å². The Morgan fingerprint density at radius 3 is 2.70 bits per heavy atom. The summed E-state index contributed by atoms with van der Waals surface area (Å²) in [6, 6.07) is 0. The summed E-state index contributed by atoms with van der Waals surface area (Å²) < 4.78 is 0. The molecule has 3 aliphatic rings. The van der Waals surface area contributed by atoms with E-state index in [9.17, 15) is 4.79 Å². The minimum absolute atomic E-state index is 0.183. The Morgan fingerprint density at radius 1 is 1.15 bits per heavy atom. The number of carbonyl (C=O) groups is 1. The Balaban J connectivity index is 1.48. The number of hydrogen-bond donors (Lipinski definition) is 0. The van der Waals surface area contributed by atoms with Crippen molar-refractivity contribution in [2.24, 2.45) is 17.8 Å². The van der Waals surface area contributed by atoms with E-state index in [1.165, 1.54) is 25.7 Å². The van der Waals surface area contributed by atoms with Gasteiger partial charge in [0.05, 0.1) is 24.0 Å². The van der Waals surface area contributed by atoms with E-state index in [0.29, 0.717) is 5.92 Å². The number of piperidine rings is 1. The fourth-order valence-corrected chi connectivity index (χ4v) is 3.64. The third-order valence-electron chi connectivity index (χ3n) is 4.90. The van der Waals surface area contributed by atoms with Crippen molar-refractivity contribution >= 4 is 11.6 Å². The molecule has 0 bridgehead atoms. The van der Waals surface area contributed by atoms with Gasteiger partial charge in [0.2, 0.25) is 5.91 Å². The van der Waals surface area contributed by atoms with Crippen molar-refractivity contribution in [2.75, 3.05) is 31.1 Å². The summed E-state index contributed by atoms with van der Waals surface area (Å²) in [7, 11) is 0. The van der Waals surface area contributed by atoms with E-state index < -0.39 is 0 Å². The lowest BCUT2D eigenvalue weighted by molar-refractivity contribution is -0.124. The van der Waals surface area contributed by atoms with Gasteiger partial charge < -0.3 is 9.80 Å². The Morgan fingerprint density at radius 2 is 1.95 bits per heavy atom. The van der Waals surface area contributed by atoms with Crippen LogP contribution in [0.3, 0.4) is 0 Å². The van der Waals surface area contributed by atoms with E-state index >= 15 is 0 Å². The Kier molecular flexibility index (Phi) is 2.95. The molecule has 1 saturated carbocycles. The van der Waals surface area contributed by atoms with E-state index in [1.54, 1.807) is 12.4 Å². The second-order valence-electron chi connectivity index (χ2n) is 6.40. The second kappa shape index (κ2) is 4.81. The summed E-state index contributed by atoms with van der Waals surface area (Å²) >= 11 is 0. The van der Waals surface area contributed by atoms with Crippen molar-refractivity contribution in [1.29, 1.82) is 0 Å². The van der Waals surface area contributed by atoms with Crippen LogP contribution in [0.25, 0.3) is 0 Å². The largest absolute Gasteiger partial charge is 0.309 e. The smallest absolute Gasteiger partial charge is 0.231 e. The molecule has 3 fully saturated rings. The summed E-state index contributed by atoms with van der Waals surface area (Å²) in [5.74, 6) is 1.92. The van der Waals surface area contributed by atoms with E-state index in [4.69, 9.17) is 0 Å². The van der Waals surface area contributed by atoms with Crippen LogP contribution in [0.15, 0.2) is 18.7 Å². The van der Waals surface area contributed by atoms with Crippen LogP contribution >= 0.6 is 0 Å². The van der Waals surface area contributed by atoms with E-state index in [2.05, 4.69) is 14.9 Å². The molecular formula is C15H20N4O. The van der Waals surface area contributed by atoms with Crippen LogP contribution in [0.4, 0.5) is 5.69 Å². The first kappa shape index (κ1) is 12.3. The van der Waals surface area contributed by atoms with Crippen LogP contribution in [-0.2, 0) is 4.79 Å². The molecular weight excluding hydrogens is 252 g/mol. The number of rotatable bonds is 3. The van der Waals surface area contributed by atoms with Crippen LogP contribution in [0.1, 0.15) is 19.3 Å². The van der Waals surface area contributed by atoms with Crippen LogP contribution in [-0.4, -0.2) is 47.0 Å². The van der Waals surface area contributed by atoms with Gasteiger partial charge in [-0.25, -0.2) is 9.97 Å². The molecule has 2 atom stereocenters. The third kappa shape index (κ3) is 2.20. The molecule has 0 N–H and O–H groups in total. The van der Waals surface area contributed by atoms with Gasteiger partial charge in [0.1, 0.15) is 6.33 Å². The quantitative estimate of drug-likeness (QED) is 0.829. The SMILES string of the molecule is O=C1C2CN(CC3CC3)CC2CCN1c1cncnc1. The van der Waals surface area contributed by atoms with Gasteiger partial charge in [-0.1, -0.05) is 0 Å². The van der Waals surface area contributed by atoms with Crippen LogP contribution < -0.4 is 4.90 Å². The first-order valence-corrected chi connectivity index (χ1v) is 7.60. The van der Waals surface area contributed by atoms with Gasteiger partial charge in [-0.05, 0) is 31.1 Å². The van der Waals surface area contributed by atoms with Gasteiger partial charge in [-0.15, -0.1) is 0 Å². The first-order valence-electron chi connectivity index (χ1n) is 7.60. The summed E-state index contributed by atoms with van der Waals surface area (Å²) in [6.45, 7) is 4.08. The molecule has 4 rings (SSSR count). The molecule has 20 heavy (non-hydrogen) atoms. The Bertz CT molecular complexity index is 502. The second-order valence-corrected chi connectivity index (χ2v) is 6.40. The highest BCUT2D eigenvalue weighted by Gasteiger charge is 2.44. The van der Waals surface area contributed by atoms with Crippen molar-refractivity contribution in [3.05, 3.63) is 18.7 Å². The van der Waals surface area contributed by atoms with Crippen molar-refractivity contribution in [1.82, 2.24) is 14.9 Å². The standard InChI is InChI=1S/C15H20N4O/c20-15-14-9-18(7-11-1-2-11)8-12(14)3-4-19(15)13-5-16-10-17-6-13/h5-6,10-12,14H,1-4,7-9H2. The molecule has 1 aromatic heterocycles. The number of aromatic nitrogens is 2. The predicted octanol–water partition coefficient (Wildman–Crippen LogP) is 1.17. The number of amides is 1. The normalized spacial score (nSPS) is 30.6. The predicted molar refractivity (Wildman–Crippen MR) is 75.1 cm³/mol. The molecule has 106 valence electrons. The van der Waals surface area contributed by atoms with Gasteiger partial charge in [-0.3, -0.25) is 4.79 Å². The van der Waals surface area contributed by atoms with Crippen molar-refractivity contribution in [3.63, 3.8) is 0 Å². The van der Waals surface area contributed by atoms with Crippen molar-refractivity contribution in [2.45, 2.75) is 19.3 Å². The summed E-state index contributed by atoms with van der Waals surface area (Å²) in [5, 5.41) is 0. The molecule has 5 nitrogen and oxygen atoms in total. The zero-order valence-corrected chi connectivity index (χ0v) is 11.6. The zero-order chi connectivity index (χ0) is 13.5. The summed E-state index contributed by atoms with van der Waals surface area (Å²) in [5.41, 5.74) is 0.844. The number of carbonyl (C=O) groups excluding carboxylic acids is 1. The number of hydrogen-bond acceptors (Lipinski definition) is 4. The maximum absolute atomic E-state index is 12.7. The molecule has 0 aromatic carbocycles. The topological polar surface area (TPSA) is 49.3 Å². The van der Waals surface area contributed by atoms with Crippen molar-refractivity contribution in [3.8, 4) is 0 Å². The Labute approximate surface area is 119 Å². The molecule has 1 aliphatic carbocycles. The molecule has 2 saturated heterocycles. The van der Waals surface area contributed by atoms with Crippen molar-refractivity contribution < 1.29 is 4.79 Å². The molecule has 1 amide bonds. The van der Waals surface area contributed by atoms with E-state index in [0.717, 1.165) is 37.7 Å². The lowest BCUT2D eigenvalue weighted by Crippen LogP contribution is -2.45. The molecule has 5 heteroatoms. The van der Waals surface area contributed by atoms with Gasteiger partial charge in [0.25, 0.3) is 0 Å². The van der Waals surface area contributed by atoms with Gasteiger partial charge in [0.15, 0.2) is 0 Å². The molecule has 0 radical (unpaired) electrons. The number of fused-ring (bicyclic) bond motifs is 1. The zero-order valence-electron chi connectivity index (χ0n) is 11.6. The molecule has 1 aromatic rings. The third-order valence-corrected chi connectivity index (χ3v) is 4.90. The maximum Gasteiger partial charge on any atom is 0.231 e. The maximum atomic E-state index is 12.7. The number of anilines is 1. The highest BCUT2D eigenvalue weighted by atomic mass is 16.2. The molecule has 2 aliphatic heterocycles. The minimum atomic E-state index is 0.183. The first-order chi connectivity index (χ1) is 9.81. The van der Waals surface area contributed by atoms with Gasteiger partial charge in [0, 0.05) is 26.2 Å². The number of likely N-dealkylation sites (tertiary alicyclic amines) is 1. The number of nitrogens with zero attached hydrogens (tertiary/aromatic N) is 4. The fourth-order valence-electron chi connectivity index (χ4n) is 3.64. The summed E-state index contributed by atoms with van der Waals surface area (Å²) in [4.78, 5) is 25.1. The lowest BCUT2D eigenvalue weighted by Gasteiger charge is -2.33. The van der Waals surface area contributed by atoms with Gasteiger partial charge in [-0.2, -0.15) is 0 Å². The van der Waals surface area contributed by atoms with Crippen LogP contribution in [0, 0.1) is 17.8 Å². The lowest BCUT2D eigenvalue weighted by atomic mass is 9.88. The highest BCUT2D eigenvalue weighted by molar-refractivity contribution is 5.96. The van der Waals surface area contributed by atoms with Gasteiger partial charge >= 0.3 is 0 Å². The van der Waals surface area contributed by atoms with E-state index in [-0.39, 0.29) is 11.8 Å². The average Bonchev–Trinajstić information content (AvgIpc) is 3.18. The highest BCUT2D eigenvalue weighted by Crippen LogP contribution is 2.37. The fraction of sp³-hybridized carbons (Fsp3) is 0.667. The summed E-state index contributed by atoms with van der Waals surface area (Å²) in [6.07, 6.45) is 8.85. The van der Waals surface area contributed by atoms with E-state index in [1.807, 2.05) is 4.90 Å². The Hall–Kier alpha value is -1.49. The van der Waals surface area contributed by atoms with Crippen LogP contribution in [0.2, 0.25) is 0 Å².